The van der Waals surface area contributed by atoms with Crippen LogP contribution in [0.3, 0.4) is 0 Å². The fourth-order valence-corrected chi connectivity index (χ4v) is 2.32. The fourth-order valence-electron chi connectivity index (χ4n) is 2.32. The maximum absolute atomic E-state index is 12.6. The first-order chi connectivity index (χ1) is 12.3. The molecule has 0 aromatic carbocycles. The van der Waals surface area contributed by atoms with Crippen LogP contribution in [0.25, 0.3) is 0 Å². The van der Waals surface area contributed by atoms with Gasteiger partial charge in [-0.1, -0.05) is 0 Å². The van der Waals surface area contributed by atoms with Crippen LogP contribution in [-0.2, 0) is 38.1 Å². The van der Waals surface area contributed by atoms with Crippen LogP contribution >= 0.6 is 0 Å². The molecule has 10 nitrogen and oxygen atoms in total. The Balaban J connectivity index is 3.23. The zero-order valence-corrected chi connectivity index (χ0v) is 14.4. The lowest BCUT2D eigenvalue weighted by molar-refractivity contribution is -0.272. The van der Waals surface area contributed by atoms with E-state index in [-0.39, 0.29) is 0 Å². The number of hydrogen-bond donors (Lipinski definition) is 2. The maximum atomic E-state index is 12.6. The molecule has 0 radical (unpaired) electrons. The van der Waals surface area contributed by atoms with E-state index in [9.17, 15) is 37.5 Å². The lowest BCUT2D eigenvalue weighted by Gasteiger charge is -2.43. The second-order valence-corrected chi connectivity index (χ2v) is 5.51. The molecule has 5 atom stereocenters. The van der Waals surface area contributed by atoms with Crippen molar-refractivity contribution in [1.29, 1.82) is 0 Å². The van der Waals surface area contributed by atoms with Crippen molar-refractivity contribution in [2.45, 2.75) is 57.6 Å². The summed E-state index contributed by atoms with van der Waals surface area (Å²) in [6.07, 6.45) is -12.2. The summed E-state index contributed by atoms with van der Waals surface area (Å²) in [5, 5.41) is 11.5. The average molecular weight is 401 g/mol. The number of hydrogen-bond acceptors (Lipinski definition) is 9. The van der Waals surface area contributed by atoms with Gasteiger partial charge in [-0.2, -0.15) is 13.2 Å². The summed E-state index contributed by atoms with van der Waals surface area (Å²) >= 11 is 0. The van der Waals surface area contributed by atoms with Crippen LogP contribution in [-0.4, -0.2) is 72.3 Å². The smallest absolute Gasteiger partial charge is 0.463 e. The van der Waals surface area contributed by atoms with Gasteiger partial charge < -0.3 is 29.4 Å². The molecule has 13 heteroatoms. The zero-order valence-electron chi connectivity index (χ0n) is 14.4. The summed E-state index contributed by atoms with van der Waals surface area (Å²) in [7, 11) is 0. The van der Waals surface area contributed by atoms with Gasteiger partial charge in [-0.25, -0.2) is 0 Å². The number of carbonyl (C=O) groups excluding carboxylic acids is 4. The Labute approximate surface area is 150 Å². The predicted octanol–water partition coefficient (Wildman–Crippen LogP) is -0.823. The molecule has 2 N–H and O–H groups in total. The third-order valence-electron chi connectivity index (χ3n) is 3.28. The van der Waals surface area contributed by atoms with E-state index in [1.54, 1.807) is 0 Å². The predicted molar refractivity (Wildman–Crippen MR) is 76.6 cm³/mol. The number of aliphatic hydroxyl groups is 1. The number of rotatable bonds is 5. The third-order valence-corrected chi connectivity index (χ3v) is 3.28. The summed E-state index contributed by atoms with van der Waals surface area (Å²) in [6.45, 7) is 2.25. The van der Waals surface area contributed by atoms with Crippen molar-refractivity contribution in [1.82, 2.24) is 5.32 Å². The third kappa shape index (κ3) is 6.67. The van der Waals surface area contributed by atoms with Crippen molar-refractivity contribution in [2.75, 3.05) is 6.61 Å². The summed E-state index contributed by atoms with van der Waals surface area (Å²) in [6, 6.07) is -1.84. The highest BCUT2D eigenvalue weighted by Crippen LogP contribution is 2.27. The number of carbonyl (C=O) groups is 4. The SMILES string of the molecule is CC(=O)OCC1OC(O)[C@@H](OC(C)=O)C(NC(=O)C(F)(F)F)[C@H]1OC(C)=O. The summed E-state index contributed by atoms with van der Waals surface area (Å²) in [5.74, 6) is -5.19. The van der Waals surface area contributed by atoms with Crippen molar-refractivity contribution in [3.8, 4) is 0 Å². The van der Waals surface area contributed by atoms with Gasteiger partial charge >= 0.3 is 30.0 Å². The number of amides is 1. The van der Waals surface area contributed by atoms with Crippen molar-refractivity contribution in [3.63, 3.8) is 0 Å². The monoisotopic (exact) mass is 401 g/mol. The molecule has 1 aliphatic heterocycles. The lowest BCUT2D eigenvalue weighted by Crippen LogP contribution is -2.67. The molecule has 0 aliphatic carbocycles. The molecule has 1 aliphatic rings. The molecule has 0 aromatic rings. The standard InChI is InChI=1S/C14H18F3NO9/c1-5(19)24-4-8-10(25-6(2)20)9(18-13(23)14(15,16)17)11(12(22)27-8)26-7(3)21/h8-12,22H,4H2,1-3H3,(H,18,23)/t8?,9?,10-,11-,12?/m0/s1. The van der Waals surface area contributed by atoms with Gasteiger partial charge in [0.1, 0.15) is 18.8 Å². The highest BCUT2D eigenvalue weighted by atomic mass is 19.4. The highest BCUT2D eigenvalue weighted by molar-refractivity contribution is 5.82. The van der Waals surface area contributed by atoms with Crippen molar-refractivity contribution in [3.05, 3.63) is 0 Å². The Morgan fingerprint density at radius 1 is 1.00 bits per heavy atom. The van der Waals surface area contributed by atoms with Crippen LogP contribution in [0.5, 0.6) is 0 Å². The van der Waals surface area contributed by atoms with Gasteiger partial charge in [0.25, 0.3) is 0 Å². The lowest BCUT2D eigenvalue weighted by atomic mass is 9.95. The van der Waals surface area contributed by atoms with Crippen LogP contribution in [0.2, 0.25) is 0 Å². The first-order valence-corrected chi connectivity index (χ1v) is 7.52. The first-order valence-electron chi connectivity index (χ1n) is 7.52. The number of halogens is 3. The van der Waals surface area contributed by atoms with Crippen molar-refractivity contribution < 1.29 is 56.4 Å². The van der Waals surface area contributed by atoms with E-state index in [0.717, 1.165) is 20.8 Å². The highest BCUT2D eigenvalue weighted by Gasteiger charge is 2.52. The molecule has 1 heterocycles. The van der Waals surface area contributed by atoms with E-state index in [1.165, 1.54) is 5.32 Å². The number of ether oxygens (including phenoxy) is 4. The number of esters is 3. The maximum Gasteiger partial charge on any atom is 0.471 e. The molecular weight excluding hydrogens is 383 g/mol. The molecule has 0 saturated carbocycles. The average Bonchev–Trinajstić information content (AvgIpc) is 2.49. The minimum atomic E-state index is -5.31. The fraction of sp³-hybridized carbons (Fsp3) is 0.714. The first kappa shape index (κ1) is 22.6. The zero-order chi connectivity index (χ0) is 20.9. The molecule has 3 unspecified atom stereocenters. The Bertz CT molecular complexity index is 595. The second kappa shape index (κ2) is 8.99. The molecule has 27 heavy (non-hydrogen) atoms. The Kier molecular flexibility index (Phi) is 7.54. The normalized spacial score (nSPS) is 28.0. The summed E-state index contributed by atoms with van der Waals surface area (Å²) < 4.78 is 57.2. The van der Waals surface area contributed by atoms with Gasteiger partial charge in [-0.15, -0.1) is 0 Å². The van der Waals surface area contributed by atoms with E-state index in [1.807, 2.05) is 0 Å². The molecule has 0 aromatic heterocycles. The number of aliphatic hydroxyl groups excluding tert-OH is 1. The van der Waals surface area contributed by atoms with E-state index in [4.69, 9.17) is 14.2 Å². The van der Waals surface area contributed by atoms with Gasteiger partial charge in [0, 0.05) is 20.8 Å². The van der Waals surface area contributed by atoms with Crippen LogP contribution in [0, 0.1) is 0 Å². The molecule has 1 saturated heterocycles. The van der Waals surface area contributed by atoms with Gasteiger partial charge in [0.15, 0.2) is 18.5 Å². The summed E-state index contributed by atoms with van der Waals surface area (Å²) in [4.78, 5) is 44.9. The molecule has 1 rings (SSSR count). The quantitative estimate of drug-likeness (QED) is 0.447. The summed E-state index contributed by atoms with van der Waals surface area (Å²) in [5.41, 5.74) is 0. The van der Waals surface area contributed by atoms with Crippen LogP contribution in [0.1, 0.15) is 20.8 Å². The van der Waals surface area contributed by atoms with Gasteiger partial charge in [0.2, 0.25) is 0 Å². The Morgan fingerprint density at radius 2 is 1.52 bits per heavy atom. The van der Waals surface area contributed by atoms with E-state index in [0.29, 0.717) is 0 Å². The van der Waals surface area contributed by atoms with Crippen molar-refractivity contribution in [2.24, 2.45) is 0 Å². The largest absolute Gasteiger partial charge is 0.471 e. The van der Waals surface area contributed by atoms with E-state index >= 15 is 0 Å². The minimum absolute atomic E-state index is 0.616. The topological polar surface area (TPSA) is 137 Å². The van der Waals surface area contributed by atoms with Crippen molar-refractivity contribution >= 4 is 23.8 Å². The van der Waals surface area contributed by atoms with Gasteiger partial charge in [-0.3, -0.25) is 19.2 Å². The van der Waals surface area contributed by atoms with E-state index in [2.05, 4.69) is 4.74 Å². The van der Waals surface area contributed by atoms with Crippen LogP contribution in [0.15, 0.2) is 0 Å². The molecule has 1 fully saturated rings. The Morgan fingerprint density at radius 3 is 1.96 bits per heavy atom. The molecule has 0 bridgehead atoms. The number of alkyl halides is 3. The minimum Gasteiger partial charge on any atom is -0.463 e. The van der Waals surface area contributed by atoms with Gasteiger partial charge in [0.05, 0.1) is 0 Å². The Hall–Kier alpha value is -2.41. The molecule has 1 amide bonds. The molecule has 0 spiro atoms. The second-order valence-electron chi connectivity index (χ2n) is 5.51. The van der Waals surface area contributed by atoms with Gasteiger partial charge in [-0.05, 0) is 0 Å². The molecule has 154 valence electrons. The van der Waals surface area contributed by atoms with E-state index < -0.39 is 67.2 Å². The number of nitrogens with one attached hydrogen (secondary N) is 1. The van der Waals surface area contributed by atoms with Crippen LogP contribution < -0.4 is 5.32 Å². The van der Waals surface area contributed by atoms with Crippen LogP contribution in [0.4, 0.5) is 13.2 Å². The molecular formula is C14H18F3NO9.